The van der Waals surface area contributed by atoms with Crippen LogP contribution in [0.4, 0.5) is 0 Å². The molecule has 0 aromatic rings. The summed E-state index contributed by atoms with van der Waals surface area (Å²) in [6.45, 7) is 16.9. The summed E-state index contributed by atoms with van der Waals surface area (Å²) < 4.78 is 38.6. The van der Waals surface area contributed by atoms with Gasteiger partial charge >= 0.3 is 35.8 Å². The van der Waals surface area contributed by atoms with Gasteiger partial charge in [0, 0.05) is 50.0 Å². The molecule has 2 aliphatic rings. The van der Waals surface area contributed by atoms with Crippen molar-refractivity contribution in [3.05, 3.63) is 11.8 Å². The van der Waals surface area contributed by atoms with Crippen LogP contribution in [0.2, 0.25) is 0 Å². The largest absolute Gasteiger partial charge is 0.462 e. The maximum atomic E-state index is 13.4. The minimum absolute atomic E-state index is 0.0173. The third kappa shape index (κ3) is 11.9. The van der Waals surface area contributed by atoms with Crippen LogP contribution in [0, 0.1) is 35.5 Å². The molecule has 0 radical (unpaired) electrons. The van der Waals surface area contributed by atoms with Gasteiger partial charge in [0.2, 0.25) is 12.2 Å². The molecule has 2 N–H and O–H groups in total. The molecule has 1 aliphatic carbocycles. The molecule has 15 nitrogen and oxygen atoms in total. The van der Waals surface area contributed by atoms with Gasteiger partial charge in [0.1, 0.15) is 36.4 Å². The molecular weight excluding hydrogens is 684 g/mol. The van der Waals surface area contributed by atoms with Crippen molar-refractivity contribution < 1.29 is 72.1 Å². The lowest BCUT2D eigenvalue weighted by molar-refractivity contribution is -0.241. The average Bonchev–Trinajstić information content (AvgIpc) is 3.21. The summed E-state index contributed by atoms with van der Waals surface area (Å²) >= 11 is 0. The van der Waals surface area contributed by atoms with Crippen LogP contribution in [0.25, 0.3) is 0 Å². The summed E-state index contributed by atoms with van der Waals surface area (Å²) in [4.78, 5) is 76.6. The molecule has 2 rings (SSSR count). The van der Waals surface area contributed by atoms with Gasteiger partial charge in [-0.2, -0.15) is 0 Å². The third-order valence-electron chi connectivity index (χ3n) is 8.57. The summed E-state index contributed by atoms with van der Waals surface area (Å²) in [5.74, 6) is -7.62. The first-order valence-electron chi connectivity index (χ1n) is 17.9. The molecule has 1 aliphatic heterocycles. The summed E-state index contributed by atoms with van der Waals surface area (Å²) in [6.07, 6.45) is -5.34. The van der Waals surface area contributed by atoms with Crippen LogP contribution in [0.5, 0.6) is 0 Å². The van der Waals surface area contributed by atoms with Gasteiger partial charge in [-0.3, -0.25) is 19.2 Å². The Morgan fingerprint density at radius 1 is 0.731 bits per heavy atom. The monoisotopic (exact) mass is 742 g/mol. The molecule has 2 unspecified atom stereocenters. The lowest BCUT2D eigenvalue weighted by atomic mass is 9.77. The van der Waals surface area contributed by atoms with Crippen molar-refractivity contribution in [3.63, 3.8) is 0 Å². The van der Waals surface area contributed by atoms with E-state index in [1.807, 2.05) is 27.7 Å². The van der Waals surface area contributed by atoms with Gasteiger partial charge in [0.05, 0.1) is 6.26 Å². The van der Waals surface area contributed by atoms with E-state index < -0.39 is 109 Å². The van der Waals surface area contributed by atoms with Gasteiger partial charge in [-0.15, -0.1) is 0 Å². The quantitative estimate of drug-likeness (QED) is 0.152. The van der Waals surface area contributed by atoms with Crippen molar-refractivity contribution in [2.45, 2.75) is 138 Å². The van der Waals surface area contributed by atoms with Crippen LogP contribution in [0.1, 0.15) is 102 Å². The average molecular weight is 743 g/mol. The van der Waals surface area contributed by atoms with E-state index >= 15 is 0 Å². The Morgan fingerprint density at radius 2 is 1.19 bits per heavy atom. The highest BCUT2D eigenvalue weighted by Gasteiger charge is 2.70. The van der Waals surface area contributed by atoms with Crippen molar-refractivity contribution in [2.24, 2.45) is 35.5 Å². The summed E-state index contributed by atoms with van der Waals surface area (Å²) in [7, 11) is 0. The molecule has 0 saturated heterocycles. The predicted octanol–water partition coefficient (Wildman–Crippen LogP) is 3.54. The maximum Gasteiger partial charge on any atom is 0.348 e. The molecule has 296 valence electrons. The first-order valence-corrected chi connectivity index (χ1v) is 17.9. The standard InChI is InChI=1S/C37H58O15/c1-19(2)12-27(39)50-26-15-36(44)25(16-46-33(42)30(22(7)8)51-28(40)13-20(3)4)17-47-35(49-24(11)38)32(36)37(26,45)18-48-34(43)31(23(9)10)52-29(41)14-21(5)6/h17,19-23,26,30-32,35,44-45H,12-16,18H2,1-11H3/t26-,30?,31?,32+,35+,36+,37+/m1/s1. The number of aliphatic hydroxyl groups is 2. The molecular formula is C37H58O15. The summed E-state index contributed by atoms with van der Waals surface area (Å²) in [6, 6.07) is 0. The molecule has 1 fully saturated rings. The highest BCUT2D eigenvalue weighted by molar-refractivity contribution is 5.80. The topological polar surface area (TPSA) is 207 Å². The lowest BCUT2D eigenvalue weighted by Crippen LogP contribution is -2.60. The van der Waals surface area contributed by atoms with Crippen LogP contribution < -0.4 is 0 Å². The molecule has 0 spiro atoms. The van der Waals surface area contributed by atoms with Crippen LogP contribution in [-0.4, -0.2) is 95.0 Å². The van der Waals surface area contributed by atoms with E-state index in [0.29, 0.717) is 0 Å². The number of hydrogen-bond donors (Lipinski definition) is 2. The zero-order valence-electron chi connectivity index (χ0n) is 32.3. The minimum atomic E-state index is -2.46. The van der Waals surface area contributed by atoms with Gasteiger partial charge in [-0.25, -0.2) is 9.59 Å². The van der Waals surface area contributed by atoms with Crippen molar-refractivity contribution in [2.75, 3.05) is 13.2 Å². The molecule has 0 amide bonds. The van der Waals surface area contributed by atoms with E-state index in [2.05, 4.69) is 0 Å². The number of fused-ring (bicyclic) bond motifs is 1. The fraction of sp³-hybridized carbons (Fsp3) is 0.784. The Labute approximate surface area is 306 Å². The fourth-order valence-corrected chi connectivity index (χ4v) is 6.07. The van der Waals surface area contributed by atoms with Crippen molar-refractivity contribution in [3.8, 4) is 0 Å². The zero-order chi connectivity index (χ0) is 39.7. The number of esters is 6. The first-order chi connectivity index (χ1) is 24.0. The fourth-order valence-electron chi connectivity index (χ4n) is 6.07. The molecule has 52 heavy (non-hydrogen) atoms. The second-order valence-corrected chi connectivity index (χ2v) is 15.7. The number of carbonyl (C=O) groups is 6. The van der Waals surface area contributed by atoms with Crippen molar-refractivity contribution in [1.82, 2.24) is 0 Å². The lowest BCUT2D eigenvalue weighted by Gasteiger charge is -2.43. The van der Waals surface area contributed by atoms with Crippen LogP contribution >= 0.6 is 0 Å². The van der Waals surface area contributed by atoms with Crippen LogP contribution in [-0.2, 0) is 61.9 Å². The van der Waals surface area contributed by atoms with Gasteiger partial charge in [0.15, 0.2) is 0 Å². The molecule has 0 aromatic heterocycles. The van der Waals surface area contributed by atoms with Gasteiger partial charge in [-0.05, 0) is 17.8 Å². The minimum Gasteiger partial charge on any atom is -0.462 e. The second-order valence-electron chi connectivity index (χ2n) is 15.7. The maximum absolute atomic E-state index is 13.4. The van der Waals surface area contributed by atoms with Gasteiger partial charge < -0.3 is 43.4 Å². The van der Waals surface area contributed by atoms with Crippen molar-refractivity contribution in [1.29, 1.82) is 0 Å². The van der Waals surface area contributed by atoms with Crippen LogP contribution in [0.15, 0.2) is 11.8 Å². The third-order valence-corrected chi connectivity index (χ3v) is 8.57. The predicted molar refractivity (Wildman–Crippen MR) is 182 cm³/mol. The molecule has 15 heteroatoms. The first kappa shape index (κ1) is 44.4. The summed E-state index contributed by atoms with van der Waals surface area (Å²) in [5, 5.41) is 24.7. The van der Waals surface area contributed by atoms with Gasteiger partial charge in [-0.1, -0.05) is 69.2 Å². The molecule has 1 heterocycles. The Hall–Kier alpha value is -3.72. The molecule has 7 atom stereocenters. The number of ether oxygens (including phenoxy) is 7. The van der Waals surface area contributed by atoms with E-state index in [0.717, 1.165) is 13.2 Å². The smallest absolute Gasteiger partial charge is 0.348 e. The number of hydrogen-bond acceptors (Lipinski definition) is 15. The highest BCUT2D eigenvalue weighted by atomic mass is 16.7. The Kier molecular flexibility index (Phi) is 16.1. The Bertz CT molecular complexity index is 1320. The zero-order valence-corrected chi connectivity index (χ0v) is 32.3. The molecule has 0 bridgehead atoms. The molecule has 0 aromatic carbocycles. The Balaban J connectivity index is 2.50. The van der Waals surface area contributed by atoms with E-state index in [1.165, 1.54) is 0 Å². The van der Waals surface area contributed by atoms with Crippen LogP contribution in [0.3, 0.4) is 0 Å². The number of carbonyl (C=O) groups excluding carboxylic acids is 6. The summed E-state index contributed by atoms with van der Waals surface area (Å²) in [5.41, 5.74) is -4.80. The van der Waals surface area contributed by atoms with Gasteiger partial charge in [0.25, 0.3) is 6.29 Å². The normalized spacial score (nSPS) is 25.2. The highest BCUT2D eigenvalue weighted by Crippen LogP contribution is 2.53. The van der Waals surface area contributed by atoms with E-state index in [-0.39, 0.29) is 42.6 Å². The van der Waals surface area contributed by atoms with E-state index in [4.69, 9.17) is 33.2 Å². The Morgan fingerprint density at radius 3 is 1.63 bits per heavy atom. The molecule has 1 saturated carbocycles. The SMILES string of the molecule is CC(=O)O[C@@H]1OC=C(COC(=O)C(OC(=O)CC(C)C)C(C)C)[C@@]2(O)C[C@@H](OC(=O)CC(C)C)[C@@](O)(COC(=O)C(OC(=O)CC(C)C)C(C)C)[C@@H]12. The van der Waals surface area contributed by atoms with Crippen molar-refractivity contribution >= 4 is 35.8 Å². The van der Waals surface area contributed by atoms with E-state index in [9.17, 15) is 39.0 Å². The van der Waals surface area contributed by atoms with E-state index in [1.54, 1.807) is 41.5 Å². The number of rotatable bonds is 18. The second kappa shape index (κ2) is 18.9.